The molecule has 0 radical (unpaired) electrons. The van der Waals surface area contributed by atoms with Crippen LogP contribution in [0.3, 0.4) is 0 Å². The number of carbonyl (C=O) groups excluding carboxylic acids is 2. The molecule has 32 heavy (non-hydrogen) atoms. The van der Waals surface area contributed by atoms with E-state index in [1.807, 2.05) is 12.1 Å². The van der Waals surface area contributed by atoms with Crippen molar-refractivity contribution in [2.24, 2.45) is 0 Å². The van der Waals surface area contributed by atoms with Crippen LogP contribution in [0.5, 0.6) is 0 Å². The van der Waals surface area contributed by atoms with Crippen LogP contribution < -0.4 is 5.32 Å². The predicted molar refractivity (Wildman–Crippen MR) is 120 cm³/mol. The standard InChI is InChI=1S/C23H27N3O5S/c1-12(2)13-5-7-14(8-6-13)15-11-24-17(31-15)10-9-16(27)25-18-20(28)26-19(22(29)30)23(3,4)32-21(18)26/h5-8,11-12,18-19,21H,9-10H2,1-4H3,(H,25,27)(H,29,30)/t18-,19+,21-/m1/s1. The third-order valence-corrected chi connectivity index (χ3v) is 7.54. The summed E-state index contributed by atoms with van der Waals surface area (Å²) in [6.07, 6.45) is 2.08. The number of carboxylic acids is 1. The molecule has 3 atom stereocenters. The van der Waals surface area contributed by atoms with Gasteiger partial charge < -0.3 is 19.7 Å². The zero-order chi connectivity index (χ0) is 23.2. The molecule has 2 N–H and O–H groups in total. The van der Waals surface area contributed by atoms with Crippen LogP contribution in [0.2, 0.25) is 0 Å². The van der Waals surface area contributed by atoms with E-state index in [0.29, 0.717) is 24.0 Å². The summed E-state index contributed by atoms with van der Waals surface area (Å²) < 4.78 is 5.17. The van der Waals surface area contributed by atoms with Gasteiger partial charge in [0.1, 0.15) is 17.5 Å². The van der Waals surface area contributed by atoms with Crippen molar-refractivity contribution in [1.82, 2.24) is 15.2 Å². The number of oxazole rings is 1. The van der Waals surface area contributed by atoms with Crippen LogP contribution in [0.15, 0.2) is 34.9 Å². The molecule has 170 valence electrons. The number of nitrogens with one attached hydrogen (secondary N) is 1. The second kappa shape index (κ2) is 8.27. The molecule has 2 aromatic rings. The molecule has 8 nitrogen and oxygen atoms in total. The van der Waals surface area contributed by atoms with Crippen molar-refractivity contribution in [3.05, 3.63) is 41.9 Å². The molecule has 2 aliphatic heterocycles. The fourth-order valence-electron chi connectivity index (χ4n) is 4.20. The largest absolute Gasteiger partial charge is 0.480 e. The molecule has 1 aromatic carbocycles. The Labute approximate surface area is 190 Å². The molecule has 3 heterocycles. The number of hydrogen-bond donors (Lipinski definition) is 2. The van der Waals surface area contributed by atoms with E-state index in [1.165, 1.54) is 22.2 Å². The summed E-state index contributed by atoms with van der Waals surface area (Å²) in [6.45, 7) is 7.88. The smallest absolute Gasteiger partial charge is 0.327 e. The minimum absolute atomic E-state index is 0.124. The molecule has 2 saturated heterocycles. The number of benzene rings is 1. The van der Waals surface area contributed by atoms with E-state index in [1.54, 1.807) is 20.0 Å². The van der Waals surface area contributed by atoms with Gasteiger partial charge in [0.2, 0.25) is 11.8 Å². The van der Waals surface area contributed by atoms with Crippen LogP contribution in [-0.4, -0.2) is 55.0 Å². The topological polar surface area (TPSA) is 113 Å². The summed E-state index contributed by atoms with van der Waals surface area (Å²) in [5, 5.41) is 11.9. The highest BCUT2D eigenvalue weighted by Gasteiger charge is 2.64. The van der Waals surface area contributed by atoms with Gasteiger partial charge in [-0.05, 0) is 25.3 Å². The zero-order valence-electron chi connectivity index (χ0n) is 18.5. The average Bonchev–Trinajstić information content (AvgIpc) is 3.31. The number of carboxylic acid groups (broad SMARTS) is 1. The van der Waals surface area contributed by atoms with Gasteiger partial charge in [-0.25, -0.2) is 9.78 Å². The quantitative estimate of drug-likeness (QED) is 0.615. The lowest BCUT2D eigenvalue weighted by molar-refractivity contribution is -0.161. The van der Waals surface area contributed by atoms with Gasteiger partial charge in [0.25, 0.3) is 0 Å². The monoisotopic (exact) mass is 457 g/mol. The van der Waals surface area contributed by atoms with E-state index in [2.05, 4.69) is 36.3 Å². The van der Waals surface area contributed by atoms with E-state index in [4.69, 9.17) is 4.42 Å². The van der Waals surface area contributed by atoms with Gasteiger partial charge in [-0.2, -0.15) is 0 Å². The average molecular weight is 458 g/mol. The molecule has 4 rings (SSSR count). The van der Waals surface area contributed by atoms with Crippen molar-refractivity contribution in [3.8, 4) is 11.3 Å². The Balaban J connectivity index is 1.32. The lowest BCUT2D eigenvalue weighted by Gasteiger charge is -2.43. The van der Waals surface area contributed by atoms with E-state index in [9.17, 15) is 19.5 Å². The highest BCUT2D eigenvalue weighted by atomic mass is 32.2. The van der Waals surface area contributed by atoms with E-state index >= 15 is 0 Å². The van der Waals surface area contributed by atoms with Gasteiger partial charge in [0.15, 0.2) is 11.7 Å². The molecule has 0 saturated carbocycles. The second-order valence-electron chi connectivity index (χ2n) is 9.04. The summed E-state index contributed by atoms with van der Waals surface area (Å²) in [4.78, 5) is 42.1. The number of carbonyl (C=O) groups is 3. The maximum Gasteiger partial charge on any atom is 0.327 e. The first-order valence-electron chi connectivity index (χ1n) is 10.7. The van der Waals surface area contributed by atoms with Crippen molar-refractivity contribution < 1.29 is 23.9 Å². The molecule has 2 amide bonds. The van der Waals surface area contributed by atoms with Gasteiger partial charge in [-0.1, -0.05) is 38.1 Å². The minimum Gasteiger partial charge on any atom is -0.480 e. The number of aryl methyl sites for hydroxylation is 1. The molecule has 0 aliphatic carbocycles. The van der Waals surface area contributed by atoms with Gasteiger partial charge in [0.05, 0.1) is 6.20 Å². The van der Waals surface area contributed by atoms with Gasteiger partial charge in [-0.3, -0.25) is 9.59 Å². The van der Waals surface area contributed by atoms with Crippen molar-refractivity contribution in [1.29, 1.82) is 0 Å². The highest BCUT2D eigenvalue weighted by Crippen LogP contribution is 2.50. The molecule has 2 aliphatic rings. The minimum atomic E-state index is -1.03. The molecule has 2 fully saturated rings. The Morgan fingerprint density at radius 1 is 1.28 bits per heavy atom. The maximum atomic E-state index is 12.5. The van der Waals surface area contributed by atoms with E-state index in [-0.39, 0.29) is 23.6 Å². The fraction of sp³-hybridized carbons (Fsp3) is 0.478. The summed E-state index contributed by atoms with van der Waals surface area (Å²) in [7, 11) is 0. The number of fused-ring (bicyclic) bond motifs is 1. The van der Waals surface area contributed by atoms with Crippen molar-refractivity contribution in [2.75, 3.05) is 0 Å². The van der Waals surface area contributed by atoms with Crippen LogP contribution in [0.25, 0.3) is 11.3 Å². The van der Waals surface area contributed by atoms with Crippen LogP contribution in [0.4, 0.5) is 0 Å². The normalized spacial score (nSPS) is 23.7. The lowest BCUT2D eigenvalue weighted by atomic mass is 9.96. The Hall–Kier alpha value is -2.81. The van der Waals surface area contributed by atoms with Crippen LogP contribution in [0.1, 0.15) is 51.5 Å². The number of aliphatic carboxylic acids is 1. The molecule has 0 spiro atoms. The van der Waals surface area contributed by atoms with Gasteiger partial charge in [0, 0.05) is 23.2 Å². The van der Waals surface area contributed by atoms with Crippen molar-refractivity contribution >= 4 is 29.5 Å². The summed E-state index contributed by atoms with van der Waals surface area (Å²) in [5.74, 6) is -0.122. The third-order valence-electron chi connectivity index (χ3n) is 5.97. The SMILES string of the molecule is CC(C)c1ccc(-c2cnc(CCC(=O)N[C@@H]3C(=O)N4[C@@H]3SC(C)(C)[C@@H]4C(=O)O)o2)cc1. The first-order valence-corrected chi connectivity index (χ1v) is 11.5. The molecular formula is C23H27N3O5S. The molecular weight excluding hydrogens is 430 g/mol. The fourth-order valence-corrected chi connectivity index (χ4v) is 5.83. The molecule has 1 aromatic heterocycles. The van der Waals surface area contributed by atoms with Gasteiger partial charge in [-0.15, -0.1) is 11.8 Å². The van der Waals surface area contributed by atoms with Crippen LogP contribution in [0, 0.1) is 0 Å². The number of thioether (sulfide) groups is 1. The summed E-state index contributed by atoms with van der Waals surface area (Å²) in [5.41, 5.74) is 2.17. The molecule has 9 heteroatoms. The Morgan fingerprint density at radius 3 is 2.59 bits per heavy atom. The second-order valence-corrected chi connectivity index (χ2v) is 10.8. The Morgan fingerprint density at radius 2 is 1.97 bits per heavy atom. The first kappa shape index (κ1) is 22.4. The highest BCUT2D eigenvalue weighted by molar-refractivity contribution is 8.01. The third kappa shape index (κ3) is 4.01. The molecule has 0 bridgehead atoms. The van der Waals surface area contributed by atoms with Crippen LogP contribution >= 0.6 is 11.8 Å². The Kier molecular flexibility index (Phi) is 5.79. The number of aromatic nitrogens is 1. The Bertz CT molecular complexity index is 1050. The number of hydrogen-bond acceptors (Lipinski definition) is 6. The van der Waals surface area contributed by atoms with E-state index in [0.717, 1.165) is 5.56 Å². The van der Waals surface area contributed by atoms with Crippen molar-refractivity contribution in [3.63, 3.8) is 0 Å². The molecule has 0 unspecified atom stereocenters. The zero-order valence-corrected chi connectivity index (χ0v) is 19.3. The number of β-lactam (4-membered cyclic amide) rings is 1. The number of amides is 2. The van der Waals surface area contributed by atoms with E-state index < -0.39 is 22.8 Å². The van der Waals surface area contributed by atoms with Crippen molar-refractivity contribution in [2.45, 2.75) is 68.7 Å². The predicted octanol–water partition coefficient (Wildman–Crippen LogP) is 3.03. The van der Waals surface area contributed by atoms with Gasteiger partial charge >= 0.3 is 5.97 Å². The summed E-state index contributed by atoms with van der Waals surface area (Å²) >= 11 is 1.40. The number of nitrogens with zero attached hydrogens (tertiary/aromatic N) is 2. The number of rotatable bonds is 7. The first-order chi connectivity index (χ1) is 15.1. The summed E-state index contributed by atoms with van der Waals surface area (Å²) in [6, 6.07) is 6.52. The van der Waals surface area contributed by atoms with Crippen LogP contribution in [-0.2, 0) is 20.8 Å². The maximum absolute atomic E-state index is 12.5. The lowest BCUT2D eigenvalue weighted by Crippen LogP contribution is -2.70.